The smallest absolute Gasteiger partial charge is 0.386 e. The van der Waals surface area contributed by atoms with Gasteiger partial charge in [-0.15, -0.1) is 0 Å². The fraction of sp³-hybridized carbons (Fsp3) is 1.00. The van der Waals surface area contributed by atoms with E-state index in [1.807, 2.05) is 0 Å². The Bertz CT molecular complexity index is 213. The third kappa shape index (κ3) is 4.62. The lowest BCUT2D eigenvalue weighted by Crippen LogP contribution is -2.53. The maximum Gasteiger partial charge on any atom is 0.427 e. The third-order valence-corrected chi connectivity index (χ3v) is 7.59. The molecular weight excluding hydrogens is 244 g/mol. The standard InChI is InChI=1S/C13H30N2O2Si/c1-16-18(17-2)13-9-12-15(18)11-8-6-4-3-5-7-10-14/h3-14H2,1-2H3. The van der Waals surface area contributed by atoms with Gasteiger partial charge >= 0.3 is 8.72 Å². The molecule has 0 aromatic carbocycles. The average molecular weight is 274 g/mol. The second kappa shape index (κ2) is 9.04. The van der Waals surface area contributed by atoms with Crippen molar-refractivity contribution in [1.82, 2.24) is 4.57 Å². The van der Waals surface area contributed by atoms with Crippen LogP contribution in [0.2, 0.25) is 6.04 Å². The highest BCUT2D eigenvalue weighted by Crippen LogP contribution is 2.27. The molecule has 0 radical (unpaired) electrons. The van der Waals surface area contributed by atoms with E-state index in [0.29, 0.717) is 0 Å². The summed E-state index contributed by atoms with van der Waals surface area (Å²) >= 11 is 0. The number of nitrogens with zero attached hydrogens (tertiary/aromatic N) is 1. The first-order chi connectivity index (χ1) is 8.79. The largest absolute Gasteiger partial charge is 0.427 e. The van der Waals surface area contributed by atoms with Crippen molar-refractivity contribution in [3.63, 3.8) is 0 Å². The number of hydrogen-bond acceptors (Lipinski definition) is 4. The summed E-state index contributed by atoms with van der Waals surface area (Å²) in [6.07, 6.45) is 8.94. The van der Waals surface area contributed by atoms with Crippen molar-refractivity contribution in [2.45, 2.75) is 51.0 Å². The van der Waals surface area contributed by atoms with Crippen LogP contribution in [0.3, 0.4) is 0 Å². The highest BCUT2D eigenvalue weighted by Gasteiger charge is 2.46. The molecular formula is C13H30N2O2Si. The van der Waals surface area contributed by atoms with E-state index < -0.39 is 8.72 Å². The van der Waals surface area contributed by atoms with E-state index in [1.54, 1.807) is 14.2 Å². The van der Waals surface area contributed by atoms with E-state index in [2.05, 4.69) is 4.57 Å². The molecule has 0 bridgehead atoms. The fourth-order valence-electron chi connectivity index (χ4n) is 2.80. The Hall–Kier alpha value is 0.0569. The van der Waals surface area contributed by atoms with Crippen LogP contribution in [0.15, 0.2) is 0 Å². The molecule has 18 heavy (non-hydrogen) atoms. The quantitative estimate of drug-likeness (QED) is 0.490. The van der Waals surface area contributed by atoms with Gasteiger partial charge in [-0.25, -0.2) is 0 Å². The molecule has 0 aromatic rings. The zero-order valence-electron chi connectivity index (χ0n) is 12.1. The second-order valence-electron chi connectivity index (χ2n) is 5.12. The molecule has 0 atom stereocenters. The number of unbranched alkanes of at least 4 members (excludes halogenated alkanes) is 5. The summed E-state index contributed by atoms with van der Waals surface area (Å²) in [5, 5.41) is 0. The molecule has 4 nitrogen and oxygen atoms in total. The minimum atomic E-state index is -1.97. The first-order valence-electron chi connectivity index (χ1n) is 7.34. The summed E-state index contributed by atoms with van der Waals surface area (Å²) in [6.45, 7) is 3.13. The van der Waals surface area contributed by atoms with Gasteiger partial charge in [0, 0.05) is 20.3 Å². The van der Waals surface area contributed by atoms with Crippen molar-refractivity contribution in [3.05, 3.63) is 0 Å². The number of nitrogens with two attached hydrogens (primary N) is 1. The third-order valence-electron chi connectivity index (χ3n) is 3.92. The average Bonchev–Trinajstić information content (AvgIpc) is 2.81. The topological polar surface area (TPSA) is 47.7 Å². The van der Waals surface area contributed by atoms with Gasteiger partial charge in [-0.2, -0.15) is 0 Å². The molecule has 1 fully saturated rings. The Morgan fingerprint density at radius 1 is 1.00 bits per heavy atom. The summed E-state index contributed by atoms with van der Waals surface area (Å²) in [6, 6.07) is 1.12. The molecule has 1 saturated heterocycles. The zero-order valence-corrected chi connectivity index (χ0v) is 13.1. The fourth-order valence-corrected chi connectivity index (χ4v) is 5.81. The van der Waals surface area contributed by atoms with Gasteiger partial charge in [0.25, 0.3) is 0 Å². The van der Waals surface area contributed by atoms with Crippen molar-refractivity contribution in [1.29, 1.82) is 0 Å². The van der Waals surface area contributed by atoms with E-state index in [1.165, 1.54) is 44.9 Å². The Labute approximate surface area is 113 Å². The monoisotopic (exact) mass is 274 g/mol. The maximum atomic E-state index is 5.70. The van der Waals surface area contributed by atoms with Crippen LogP contribution in [0.4, 0.5) is 0 Å². The van der Waals surface area contributed by atoms with E-state index in [-0.39, 0.29) is 0 Å². The molecule has 5 heteroatoms. The summed E-state index contributed by atoms with van der Waals surface area (Å²) in [7, 11) is 1.64. The Morgan fingerprint density at radius 2 is 1.61 bits per heavy atom. The van der Waals surface area contributed by atoms with Crippen LogP contribution in [-0.4, -0.2) is 47.1 Å². The molecule has 0 saturated carbocycles. The van der Waals surface area contributed by atoms with Crippen LogP contribution in [-0.2, 0) is 8.85 Å². The molecule has 1 aliphatic rings. The summed E-state index contributed by atoms with van der Waals surface area (Å²) in [5.41, 5.74) is 5.48. The highest BCUT2D eigenvalue weighted by atomic mass is 28.4. The zero-order chi connectivity index (χ0) is 13.3. The lowest BCUT2D eigenvalue weighted by Gasteiger charge is -2.31. The molecule has 0 aliphatic carbocycles. The number of hydrogen-bond donors (Lipinski definition) is 1. The van der Waals surface area contributed by atoms with Gasteiger partial charge in [0.2, 0.25) is 0 Å². The minimum absolute atomic E-state index is 0.837. The highest BCUT2D eigenvalue weighted by molar-refractivity contribution is 6.65. The molecule has 1 heterocycles. The molecule has 1 rings (SSSR count). The van der Waals surface area contributed by atoms with Crippen molar-refractivity contribution in [2.24, 2.45) is 5.73 Å². The van der Waals surface area contributed by atoms with Gasteiger partial charge < -0.3 is 14.6 Å². The van der Waals surface area contributed by atoms with Gasteiger partial charge in [0.1, 0.15) is 0 Å². The maximum absolute atomic E-state index is 5.70. The molecule has 108 valence electrons. The summed E-state index contributed by atoms with van der Waals surface area (Å²) in [5.74, 6) is 0. The van der Waals surface area contributed by atoms with Crippen LogP contribution >= 0.6 is 0 Å². The van der Waals surface area contributed by atoms with Gasteiger partial charge in [0.05, 0.1) is 0 Å². The van der Waals surface area contributed by atoms with Crippen LogP contribution in [0, 0.1) is 0 Å². The van der Waals surface area contributed by atoms with Gasteiger partial charge in [-0.3, -0.25) is 4.57 Å². The molecule has 2 N–H and O–H groups in total. The van der Waals surface area contributed by atoms with Crippen LogP contribution in [0.1, 0.15) is 44.9 Å². The van der Waals surface area contributed by atoms with Crippen molar-refractivity contribution < 1.29 is 8.85 Å². The molecule has 0 unspecified atom stereocenters. The van der Waals surface area contributed by atoms with Crippen LogP contribution in [0.25, 0.3) is 0 Å². The van der Waals surface area contributed by atoms with Crippen molar-refractivity contribution >= 4 is 8.72 Å². The van der Waals surface area contributed by atoms with Crippen LogP contribution in [0.5, 0.6) is 0 Å². The predicted molar refractivity (Wildman–Crippen MR) is 77.5 cm³/mol. The van der Waals surface area contributed by atoms with E-state index in [0.717, 1.165) is 25.7 Å². The van der Waals surface area contributed by atoms with Crippen LogP contribution < -0.4 is 5.73 Å². The second-order valence-corrected chi connectivity index (χ2v) is 8.50. The molecule has 0 aromatic heterocycles. The lowest BCUT2D eigenvalue weighted by atomic mass is 10.1. The lowest BCUT2D eigenvalue weighted by molar-refractivity contribution is 0.181. The van der Waals surface area contributed by atoms with E-state index in [4.69, 9.17) is 14.6 Å². The first kappa shape index (κ1) is 16.1. The first-order valence-corrected chi connectivity index (χ1v) is 9.31. The van der Waals surface area contributed by atoms with Gasteiger partial charge in [0.15, 0.2) is 0 Å². The SMILES string of the molecule is CO[Si]1(OC)CCCN1CCCCCCCCN. The van der Waals surface area contributed by atoms with E-state index in [9.17, 15) is 0 Å². The Kier molecular flexibility index (Phi) is 8.09. The predicted octanol–water partition coefficient (Wildman–Crippen LogP) is 2.22. The van der Waals surface area contributed by atoms with Gasteiger partial charge in [-0.05, 0) is 38.9 Å². The Balaban J connectivity index is 2.11. The molecule has 1 aliphatic heterocycles. The van der Waals surface area contributed by atoms with Crippen molar-refractivity contribution in [2.75, 3.05) is 33.9 Å². The molecule has 0 spiro atoms. The number of rotatable bonds is 10. The Morgan fingerprint density at radius 3 is 2.22 bits per heavy atom. The normalized spacial score (nSPS) is 19.5. The van der Waals surface area contributed by atoms with Crippen molar-refractivity contribution in [3.8, 4) is 0 Å². The molecule has 0 amide bonds. The summed E-state index contributed by atoms with van der Waals surface area (Å²) < 4.78 is 13.9. The van der Waals surface area contributed by atoms with Gasteiger partial charge in [-0.1, -0.05) is 25.7 Å². The minimum Gasteiger partial charge on any atom is -0.386 e. The summed E-state index contributed by atoms with van der Waals surface area (Å²) in [4.78, 5) is 0. The van der Waals surface area contributed by atoms with E-state index >= 15 is 0 Å².